The number of hydrogen-bond donors (Lipinski definition) is 1. The summed E-state index contributed by atoms with van der Waals surface area (Å²) in [6.45, 7) is 0.968. The number of hydrogen-bond acceptors (Lipinski definition) is 4. The average Bonchev–Trinajstić information content (AvgIpc) is 3.34. The van der Waals surface area contributed by atoms with Gasteiger partial charge < -0.3 is 14.7 Å². The number of ether oxygens (including phenoxy) is 1. The zero-order valence-corrected chi connectivity index (χ0v) is 15.0. The Morgan fingerprint density at radius 3 is 2.70 bits per heavy atom. The number of esters is 1. The molecule has 2 fully saturated rings. The van der Waals surface area contributed by atoms with Crippen molar-refractivity contribution in [1.82, 2.24) is 4.90 Å². The lowest BCUT2D eigenvalue weighted by Gasteiger charge is -2.27. The third-order valence-corrected chi connectivity index (χ3v) is 6.27. The molecule has 0 radical (unpaired) electrons. The predicted octanol–water partition coefficient (Wildman–Crippen LogP) is 2.51. The standard InChI is InChI=1S/C22H21NO4/c24-13-15-4-3-5-16(12-15)21(8-9-21)20(26)23-11-10-22(14-23)18-7-2-1-6-17(18)19(25)27-22/h1-7,12,24H,8-11,13-14H2. The van der Waals surface area contributed by atoms with Crippen LogP contribution in [0.3, 0.4) is 0 Å². The second-order valence-electron chi connectivity index (χ2n) is 7.85. The number of aliphatic hydroxyl groups excluding tert-OH is 1. The summed E-state index contributed by atoms with van der Waals surface area (Å²) in [5.74, 6) is -0.188. The van der Waals surface area contributed by atoms with Gasteiger partial charge in [-0.25, -0.2) is 4.79 Å². The van der Waals surface area contributed by atoms with E-state index in [1.807, 2.05) is 47.4 Å². The molecule has 2 heterocycles. The van der Waals surface area contributed by atoms with Gasteiger partial charge in [-0.05, 0) is 30.0 Å². The quantitative estimate of drug-likeness (QED) is 0.851. The van der Waals surface area contributed by atoms with Crippen molar-refractivity contribution in [2.24, 2.45) is 0 Å². The molecule has 1 aliphatic carbocycles. The third kappa shape index (κ3) is 2.34. The van der Waals surface area contributed by atoms with Crippen LogP contribution in [0.1, 0.15) is 46.3 Å². The summed E-state index contributed by atoms with van der Waals surface area (Å²) in [7, 11) is 0. The average molecular weight is 363 g/mol. The number of benzene rings is 2. The maximum atomic E-state index is 13.4. The molecule has 27 heavy (non-hydrogen) atoms. The Hall–Kier alpha value is -2.66. The molecule has 5 heteroatoms. The predicted molar refractivity (Wildman–Crippen MR) is 98.0 cm³/mol. The van der Waals surface area contributed by atoms with Crippen LogP contribution in [-0.2, 0) is 27.2 Å². The summed E-state index contributed by atoms with van der Waals surface area (Å²) in [5, 5.41) is 9.41. The number of rotatable bonds is 3. The van der Waals surface area contributed by atoms with Gasteiger partial charge in [0.05, 0.1) is 24.1 Å². The highest BCUT2D eigenvalue weighted by Crippen LogP contribution is 2.52. The van der Waals surface area contributed by atoms with E-state index in [1.165, 1.54) is 0 Å². The lowest BCUT2D eigenvalue weighted by Crippen LogP contribution is -2.40. The van der Waals surface area contributed by atoms with Gasteiger partial charge in [-0.1, -0.05) is 42.5 Å². The zero-order valence-electron chi connectivity index (χ0n) is 15.0. The van der Waals surface area contributed by atoms with Crippen molar-refractivity contribution in [2.75, 3.05) is 13.1 Å². The van der Waals surface area contributed by atoms with Crippen molar-refractivity contribution >= 4 is 11.9 Å². The van der Waals surface area contributed by atoms with E-state index in [-0.39, 0.29) is 18.5 Å². The highest BCUT2D eigenvalue weighted by atomic mass is 16.6. The van der Waals surface area contributed by atoms with Crippen molar-refractivity contribution in [3.63, 3.8) is 0 Å². The van der Waals surface area contributed by atoms with Crippen LogP contribution in [0.5, 0.6) is 0 Å². The molecule has 1 spiro atoms. The molecule has 2 aliphatic heterocycles. The van der Waals surface area contributed by atoms with Crippen molar-refractivity contribution in [3.05, 3.63) is 70.8 Å². The fourth-order valence-corrected chi connectivity index (χ4v) is 4.63. The van der Waals surface area contributed by atoms with Crippen LogP contribution in [0.15, 0.2) is 48.5 Å². The highest BCUT2D eigenvalue weighted by Gasteiger charge is 2.57. The minimum Gasteiger partial charge on any atom is -0.449 e. The number of aliphatic hydroxyl groups is 1. The van der Waals surface area contributed by atoms with Gasteiger partial charge in [-0.2, -0.15) is 0 Å². The van der Waals surface area contributed by atoms with E-state index in [0.717, 1.165) is 29.5 Å². The van der Waals surface area contributed by atoms with Crippen molar-refractivity contribution in [1.29, 1.82) is 0 Å². The summed E-state index contributed by atoms with van der Waals surface area (Å²) in [4.78, 5) is 27.5. The van der Waals surface area contributed by atoms with Crippen molar-refractivity contribution < 1.29 is 19.4 Å². The smallest absolute Gasteiger partial charge is 0.339 e. The molecule has 3 aliphatic rings. The van der Waals surface area contributed by atoms with E-state index >= 15 is 0 Å². The van der Waals surface area contributed by atoms with Crippen LogP contribution >= 0.6 is 0 Å². The third-order valence-electron chi connectivity index (χ3n) is 6.27. The molecule has 0 aromatic heterocycles. The van der Waals surface area contributed by atoms with Gasteiger partial charge in [-0.15, -0.1) is 0 Å². The molecule has 1 N–H and O–H groups in total. The number of carbonyl (C=O) groups is 2. The molecule has 1 amide bonds. The maximum Gasteiger partial charge on any atom is 0.339 e. The van der Waals surface area contributed by atoms with E-state index in [4.69, 9.17) is 4.74 Å². The van der Waals surface area contributed by atoms with E-state index < -0.39 is 11.0 Å². The molecule has 0 bridgehead atoms. The highest BCUT2D eigenvalue weighted by molar-refractivity contribution is 5.96. The maximum absolute atomic E-state index is 13.4. The molecular weight excluding hydrogens is 342 g/mol. The molecular formula is C22H21NO4. The van der Waals surface area contributed by atoms with Crippen LogP contribution in [0.2, 0.25) is 0 Å². The zero-order chi connectivity index (χ0) is 18.6. The number of likely N-dealkylation sites (tertiary alicyclic amines) is 1. The Kier molecular flexibility index (Phi) is 3.46. The fraction of sp³-hybridized carbons (Fsp3) is 0.364. The fourth-order valence-electron chi connectivity index (χ4n) is 4.63. The number of nitrogens with zero attached hydrogens (tertiary/aromatic N) is 1. The molecule has 1 unspecified atom stereocenters. The van der Waals surface area contributed by atoms with Crippen molar-refractivity contribution in [2.45, 2.75) is 36.9 Å². The van der Waals surface area contributed by atoms with Gasteiger partial charge in [-0.3, -0.25) is 4.79 Å². The molecule has 1 saturated carbocycles. The first-order valence-corrected chi connectivity index (χ1v) is 9.41. The van der Waals surface area contributed by atoms with Gasteiger partial charge in [0.25, 0.3) is 0 Å². The molecule has 138 valence electrons. The Morgan fingerprint density at radius 2 is 1.93 bits per heavy atom. The number of fused-ring (bicyclic) bond motifs is 2. The van der Waals surface area contributed by atoms with Crippen LogP contribution in [0.4, 0.5) is 0 Å². The van der Waals surface area contributed by atoms with Gasteiger partial charge in [0.15, 0.2) is 5.60 Å². The van der Waals surface area contributed by atoms with Crippen LogP contribution in [-0.4, -0.2) is 35.0 Å². The summed E-state index contributed by atoms with van der Waals surface area (Å²) in [5.41, 5.74) is 2.12. The van der Waals surface area contributed by atoms with Gasteiger partial charge in [0.1, 0.15) is 0 Å². The Bertz CT molecular complexity index is 949. The molecule has 5 rings (SSSR count). The summed E-state index contributed by atoms with van der Waals surface area (Å²) >= 11 is 0. The van der Waals surface area contributed by atoms with Crippen LogP contribution < -0.4 is 0 Å². The molecule has 5 nitrogen and oxygen atoms in total. The Morgan fingerprint density at radius 1 is 1.11 bits per heavy atom. The van der Waals surface area contributed by atoms with Gasteiger partial charge >= 0.3 is 5.97 Å². The minimum absolute atomic E-state index is 0.0301. The Labute approximate surface area is 157 Å². The molecule has 2 aromatic rings. The van der Waals surface area contributed by atoms with E-state index in [9.17, 15) is 14.7 Å². The van der Waals surface area contributed by atoms with E-state index in [0.29, 0.717) is 25.1 Å². The minimum atomic E-state index is -0.702. The molecule has 1 atom stereocenters. The van der Waals surface area contributed by atoms with Gasteiger partial charge in [0.2, 0.25) is 5.91 Å². The summed E-state index contributed by atoms with van der Waals surface area (Å²) in [6.07, 6.45) is 2.27. The molecule has 1 saturated heterocycles. The van der Waals surface area contributed by atoms with Crippen LogP contribution in [0.25, 0.3) is 0 Å². The number of carbonyl (C=O) groups excluding carboxylic acids is 2. The lowest BCUT2D eigenvalue weighted by atomic mass is 9.91. The van der Waals surface area contributed by atoms with E-state index in [1.54, 1.807) is 6.07 Å². The SMILES string of the molecule is O=C1OC2(CCN(C(=O)C3(c4cccc(CO)c4)CC3)C2)c2ccccc21. The Balaban J connectivity index is 1.43. The molecule has 2 aromatic carbocycles. The lowest BCUT2D eigenvalue weighted by molar-refractivity contribution is -0.134. The topological polar surface area (TPSA) is 66.8 Å². The largest absolute Gasteiger partial charge is 0.449 e. The van der Waals surface area contributed by atoms with Crippen LogP contribution in [0, 0.1) is 0 Å². The van der Waals surface area contributed by atoms with Crippen molar-refractivity contribution in [3.8, 4) is 0 Å². The first-order chi connectivity index (χ1) is 13.1. The first-order valence-electron chi connectivity index (χ1n) is 9.41. The van der Waals surface area contributed by atoms with Gasteiger partial charge in [0, 0.05) is 18.5 Å². The van der Waals surface area contributed by atoms with E-state index in [2.05, 4.69) is 0 Å². The first kappa shape index (κ1) is 16.5. The second kappa shape index (κ2) is 5.67. The summed E-state index contributed by atoms with van der Waals surface area (Å²) < 4.78 is 5.77. The number of amides is 1. The monoisotopic (exact) mass is 363 g/mol. The second-order valence-corrected chi connectivity index (χ2v) is 7.85. The summed E-state index contributed by atoms with van der Waals surface area (Å²) in [6, 6.07) is 15.1. The normalized spacial score (nSPS) is 24.8.